The lowest BCUT2D eigenvalue weighted by Crippen LogP contribution is -2.63. The van der Waals surface area contributed by atoms with Crippen LogP contribution in [0.2, 0.25) is 5.02 Å². The zero-order valence-electron chi connectivity index (χ0n) is 37.1. The van der Waals surface area contributed by atoms with Crippen molar-refractivity contribution in [2.24, 2.45) is 11.7 Å². The van der Waals surface area contributed by atoms with E-state index in [1.165, 1.54) is 42.8 Å². The van der Waals surface area contributed by atoms with Gasteiger partial charge in [0.1, 0.15) is 40.7 Å². The van der Waals surface area contributed by atoms with Crippen molar-refractivity contribution in [3.8, 4) is 5.75 Å². The summed E-state index contributed by atoms with van der Waals surface area (Å²) in [5.41, 5.74) is 4.85. The summed E-state index contributed by atoms with van der Waals surface area (Å²) in [6.07, 6.45) is -1.54. The molecule has 60 heavy (non-hydrogen) atoms. The first kappa shape index (κ1) is 50.7. The number of nitrogens with zero attached hydrogens (tertiary/aromatic N) is 2. The number of rotatable bonds is 22. The molecule has 338 valence electrons. The van der Waals surface area contributed by atoms with Gasteiger partial charge in [0.15, 0.2) is 5.72 Å². The molecule has 2 aliphatic heterocycles. The van der Waals surface area contributed by atoms with Gasteiger partial charge >= 0.3 is 12.1 Å². The molecule has 2 fully saturated rings. The molecule has 18 heteroatoms. The van der Waals surface area contributed by atoms with E-state index in [4.69, 9.17) is 41.0 Å². The van der Waals surface area contributed by atoms with Crippen LogP contribution in [-0.4, -0.2) is 133 Å². The van der Waals surface area contributed by atoms with Crippen molar-refractivity contribution in [3.05, 3.63) is 34.4 Å². The Bertz CT molecular complexity index is 1750. The fraction of sp³-hybridized carbons (Fsp3) is 0.690. The topological polar surface area (TPSA) is 212 Å². The number of amides is 4. The molecule has 4 amide bonds. The number of esters is 1. The fourth-order valence-electron chi connectivity index (χ4n) is 6.96. The Kier molecular flexibility index (Phi) is 18.1. The third-order valence-corrected chi connectivity index (χ3v) is 13.4. The van der Waals surface area contributed by atoms with Crippen molar-refractivity contribution in [3.63, 3.8) is 0 Å². The van der Waals surface area contributed by atoms with Gasteiger partial charge in [0.05, 0.1) is 31.1 Å². The molecule has 0 spiro atoms. The number of hydrogen-bond donors (Lipinski definition) is 4. The number of likely N-dealkylation sites (N-methyl/N-ethyl adjacent to an activating group) is 1. The summed E-state index contributed by atoms with van der Waals surface area (Å²) in [5, 5.41) is 16.7. The van der Waals surface area contributed by atoms with E-state index in [9.17, 15) is 29.1 Å². The van der Waals surface area contributed by atoms with Gasteiger partial charge in [-0.15, -0.1) is 11.8 Å². The molecule has 1 aromatic carbocycles. The van der Waals surface area contributed by atoms with E-state index in [1.54, 1.807) is 34.7 Å². The van der Waals surface area contributed by atoms with Crippen molar-refractivity contribution < 1.29 is 52.8 Å². The Balaban J connectivity index is 1.87. The van der Waals surface area contributed by atoms with Gasteiger partial charge in [-0.2, -0.15) is 0 Å². The molecule has 2 saturated heterocycles. The highest BCUT2D eigenvalue weighted by Crippen LogP contribution is 2.49. The van der Waals surface area contributed by atoms with Gasteiger partial charge in [-0.1, -0.05) is 44.0 Å². The number of nitrogens with one attached hydrogen (secondary N) is 2. The molecule has 5 N–H and O–H groups in total. The van der Waals surface area contributed by atoms with E-state index in [2.05, 4.69) is 10.6 Å². The number of carbonyl (C=O) groups excluding carboxylic acids is 5. The minimum absolute atomic E-state index is 0.0267. The number of aliphatic hydroxyl groups is 1. The van der Waals surface area contributed by atoms with Crippen molar-refractivity contribution in [1.29, 1.82) is 0 Å². The molecular formula is C42H66ClN5O11S. The predicted molar refractivity (Wildman–Crippen MR) is 231 cm³/mol. The van der Waals surface area contributed by atoms with Gasteiger partial charge in [0.25, 0.3) is 0 Å². The van der Waals surface area contributed by atoms with E-state index in [0.717, 1.165) is 11.1 Å². The molecule has 0 radical (unpaired) electrons. The largest absolute Gasteiger partial charge is 0.495 e. The molecule has 2 aliphatic rings. The quantitative estimate of drug-likeness (QED) is 0.0726. The van der Waals surface area contributed by atoms with Crippen LogP contribution in [0.5, 0.6) is 5.75 Å². The first-order valence-electron chi connectivity index (χ1n) is 20.2. The summed E-state index contributed by atoms with van der Waals surface area (Å²) in [7, 11) is 5.98. The molecule has 1 aromatic rings. The molecule has 0 saturated carbocycles. The van der Waals surface area contributed by atoms with Crippen LogP contribution in [0.4, 0.5) is 10.5 Å². The molecular weight excluding hydrogens is 818 g/mol. The maximum Gasteiger partial charge on any atom is 0.409 e. The lowest BCUT2D eigenvalue weighted by molar-refractivity contribution is -0.162. The maximum absolute atomic E-state index is 14.3. The Morgan fingerprint density at radius 3 is 2.45 bits per heavy atom. The normalized spacial score (nSPS) is 23.6. The molecule has 0 bridgehead atoms. The van der Waals surface area contributed by atoms with E-state index in [0.29, 0.717) is 37.4 Å². The number of ether oxygens (including phenoxy) is 5. The number of epoxide rings is 1. The SMILES string of the molecule is C/C=C(\C)Cc1cc(OC)c(Cl)c(N(C)C(=O)C[C@H](OC(=O)[C@H](C)N(C)C(=O)CCC(C)(C)SCC(=O)NCCN)[C@]2(C)O[C@H]2[C@H](C)[C@@H]2C[C@](O)([C@@H](C)OC)NC(=O)O2)c1. The molecule has 2 heterocycles. The Labute approximate surface area is 363 Å². The van der Waals surface area contributed by atoms with Crippen LogP contribution in [-0.2, 0) is 44.5 Å². The van der Waals surface area contributed by atoms with Crippen LogP contribution in [0.15, 0.2) is 23.8 Å². The zero-order chi connectivity index (χ0) is 45.3. The van der Waals surface area contributed by atoms with Crippen LogP contribution in [0.3, 0.4) is 0 Å². The van der Waals surface area contributed by atoms with Crippen LogP contribution in [0.1, 0.15) is 86.6 Å². The molecule has 0 aliphatic carbocycles. The van der Waals surface area contributed by atoms with Gasteiger partial charge < -0.3 is 49.6 Å². The Morgan fingerprint density at radius 2 is 1.85 bits per heavy atom. The molecule has 0 aromatic heterocycles. The number of allylic oxidation sites excluding steroid dienone is 2. The fourth-order valence-corrected chi connectivity index (χ4v) is 8.15. The third-order valence-electron chi connectivity index (χ3n) is 11.7. The van der Waals surface area contributed by atoms with Crippen molar-refractivity contribution >= 4 is 58.8 Å². The van der Waals surface area contributed by atoms with Crippen LogP contribution < -0.4 is 26.0 Å². The first-order valence-corrected chi connectivity index (χ1v) is 21.6. The molecule has 8 atom stereocenters. The third kappa shape index (κ3) is 13.0. The molecule has 0 unspecified atom stereocenters. The summed E-state index contributed by atoms with van der Waals surface area (Å²) in [6.45, 7) is 15.2. The van der Waals surface area contributed by atoms with Crippen LogP contribution >= 0.6 is 23.4 Å². The summed E-state index contributed by atoms with van der Waals surface area (Å²) in [6, 6.07) is 2.57. The highest BCUT2D eigenvalue weighted by molar-refractivity contribution is 8.01. The standard InChI is InChI=1S/C42H66ClN5O11S/c1-13-24(2)18-28-19-29(36(43)30(20-28)56-12)48(10)35(51)21-32(41(8)37(59-41)25(3)31-22-42(54,27(5)55-11)46-39(53)57-31)58-38(52)26(4)47(9)34(50)14-15-40(6,7)60-23-33(49)45-17-16-44/h13,19-20,25-27,31-32,37,54H,14-18,21-23,44H2,1-12H3,(H,45,49)(H,46,53)/b24-13+/t25-,26+,27-,31+,32+,37+,41+,42+/m1/s1. The first-order chi connectivity index (χ1) is 28.0. The average Bonchev–Trinajstić information content (AvgIpc) is 3.91. The number of methoxy groups -OCH3 is 2. The lowest BCUT2D eigenvalue weighted by Gasteiger charge is -2.41. The minimum Gasteiger partial charge on any atom is -0.495 e. The highest BCUT2D eigenvalue weighted by atomic mass is 35.5. The number of carbonyl (C=O) groups is 5. The van der Waals surface area contributed by atoms with E-state index < -0.39 is 70.4 Å². The second-order valence-corrected chi connectivity index (χ2v) is 18.6. The van der Waals surface area contributed by atoms with Crippen molar-refractivity contribution in [1.82, 2.24) is 15.5 Å². The highest BCUT2D eigenvalue weighted by Gasteiger charge is 2.64. The van der Waals surface area contributed by atoms with Gasteiger partial charge in [-0.3, -0.25) is 19.7 Å². The number of cyclic esters (lactones) is 1. The summed E-state index contributed by atoms with van der Waals surface area (Å²) < 4.78 is 28.5. The Hall–Kier alpha value is -3.61. The number of hydrogen-bond acceptors (Lipinski definition) is 13. The summed E-state index contributed by atoms with van der Waals surface area (Å²) in [5.74, 6) is -1.61. The summed E-state index contributed by atoms with van der Waals surface area (Å²) in [4.78, 5) is 69.1. The average molecular weight is 885 g/mol. The van der Waals surface area contributed by atoms with Gasteiger partial charge in [-0.05, 0) is 65.2 Å². The van der Waals surface area contributed by atoms with E-state index in [-0.39, 0.29) is 41.9 Å². The number of benzene rings is 1. The monoisotopic (exact) mass is 883 g/mol. The predicted octanol–water partition coefficient (Wildman–Crippen LogP) is 4.35. The number of nitrogens with two attached hydrogens (primary N) is 1. The number of anilines is 1. The van der Waals surface area contributed by atoms with Gasteiger partial charge in [0, 0.05) is 57.8 Å². The molecule has 16 nitrogen and oxygen atoms in total. The van der Waals surface area contributed by atoms with E-state index in [1.807, 2.05) is 45.9 Å². The maximum atomic E-state index is 14.3. The van der Waals surface area contributed by atoms with Crippen LogP contribution in [0, 0.1) is 5.92 Å². The second kappa shape index (κ2) is 21.5. The molecule has 3 rings (SSSR count). The zero-order valence-corrected chi connectivity index (χ0v) is 38.7. The smallest absolute Gasteiger partial charge is 0.409 e. The Morgan fingerprint density at radius 1 is 1.18 bits per heavy atom. The van der Waals surface area contributed by atoms with Gasteiger partial charge in [-0.25, -0.2) is 9.59 Å². The second-order valence-electron chi connectivity index (χ2n) is 16.5. The lowest BCUT2D eigenvalue weighted by atomic mass is 9.84. The van der Waals surface area contributed by atoms with E-state index >= 15 is 0 Å². The van der Waals surface area contributed by atoms with Gasteiger partial charge in [0.2, 0.25) is 17.7 Å². The number of halogens is 1. The van der Waals surface area contributed by atoms with Crippen molar-refractivity contribution in [2.45, 2.75) is 134 Å². The van der Waals surface area contributed by atoms with Crippen LogP contribution in [0.25, 0.3) is 0 Å². The van der Waals surface area contributed by atoms with Crippen molar-refractivity contribution in [2.75, 3.05) is 52.1 Å². The minimum atomic E-state index is -1.72. The number of alkyl carbamates (subject to hydrolysis) is 1. The number of thioether (sulfide) groups is 1. The summed E-state index contributed by atoms with van der Waals surface area (Å²) >= 11 is 8.18.